The minimum atomic E-state index is -4.73. The summed E-state index contributed by atoms with van der Waals surface area (Å²) in [6.45, 7) is 1.31. The number of benzene rings is 1. The monoisotopic (exact) mass is 292 g/mol. The normalized spacial score (nSPS) is 12.3. The van der Waals surface area contributed by atoms with Gasteiger partial charge in [-0.3, -0.25) is 4.79 Å². The van der Waals surface area contributed by atoms with E-state index >= 15 is 0 Å². The molecule has 1 aromatic carbocycles. The molecule has 0 aliphatic heterocycles. The van der Waals surface area contributed by atoms with E-state index < -0.39 is 13.3 Å². The molecule has 0 radical (unpaired) electrons. The van der Waals surface area contributed by atoms with E-state index in [9.17, 15) is 14.2 Å². The molecule has 0 aromatic heterocycles. The van der Waals surface area contributed by atoms with Crippen molar-refractivity contribution in [2.75, 3.05) is 0 Å². The first-order valence-corrected chi connectivity index (χ1v) is 5.77. The zero-order valence-corrected chi connectivity index (χ0v) is 15.2. The number of hydrogen-bond donors (Lipinski definition) is 2. The number of carbonyl (C=O) groups excluding carboxylic acids is 1. The van der Waals surface area contributed by atoms with Gasteiger partial charge >= 0.3 is 72.4 Å². The van der Waals surface area contributed by atoms with Crippen LogP contribution in [0.15, 0.2) is 24.3 Å². The molecule has 0 heterocycles. The zero-order chi connectivity index (χ0) is 12.3. The van der Waals surface area contributed by atoms with E-state index in [2.05, 4.69) is 4.52 Å². The van der Waals surface area contributed by atoms with Crippen molar-refractivity contribution in [3.63, 3.8) is 0 Å². The summed E-state index contributed by atoms with van der Waals surface area (Å²) in [5.74, 6) is -0.394. The molecular weight excluding hydrogens is 281 g/mol. The third kappa shape index (κ3) is 5.99. The van der Waals surface area contributed by atoms with Gasteiger partial charge in [-0.2, -0.15) is 0 Å². The number of carboxylic acid groups (broad SMARTS) is 1. The van der Waals surface area contributed by atoms with Crippen LogP contribution in [0.1, 0.15) is 20.1 Å². The Labute approximate surface area is 151 Å². The van der Waals surface area contributed by atoms with Gasteiger partial charge in [-0.15, -0.1) is 0 Å². The molecule has 18 heavy (non-hydrogen) atoms. The summed E-state index contributed by atoms with van der Waals surface area (Å²) in [6.07, 6.45) is 0. The van der Waals surface area contributed by atoms with E-state index in [1.54, 1.807) is 0 Å². The summed E-state index contributed by atoms with van der Waals surface area (Å²) in [7, 11) is -4.73. The Hall–Kier alpha value is 0.350. The van der Waals surface area contributed by atoms with Gasteiger partial charge < -0.3 is 17.4 Å². The molecule has 0 saturated carbocycles. The minimum absolute atomic E-state index is 0. The number of ketones is 1. The van der Waals surface area contributed by atoms with Crippen LogP contribution in [0, 0.1) is 0 Å². The van der Waals surface area contributed by atoms with Gasteiger partial charge in [0.15, 0.2) is 5.78 Å². The fraction of sp³-hybridized carbons (Fsp3) is 0.111. The molecule has 0 amide bonds. The van der Waals surface area contributed by atoms with Gasteiger partial charge in [-0.25, -0.2) is 9.36 Å². The Balaban J connectivity index is -0.000000320. The van der Waals surface area contributed by atoms with E-state index in [4.69, 9.17) is 10.00 Å². The van der Waals surface area contributed by atoms with Gasteiger partial charge in [-0.05, 0) is 19.1 Å². The average molecular weight is 292 g/mol. The van der Waals surface area contributed by atoms with Crippen LogP contribution in [-0.2, 0) is 4.57 Å². The van der Waals surface area contributed by atoms with Gasteiger partial charge in [0.05, 0.1) is 0 Å². The van der Waals surface area contributed by atoms with Crippen molar-refractivity contribution >= 4 is 19.1 Å². The Morgan fingerprint density at radius 1 is 1.33 bits per heavy atom. The first-order valence-electron chi connectivity index (χ1n) is 4.20. The van der Waals surface area contributed by atoms with Crippen molar-refractivity contribution in [3.8, 4) is 5.75 Å². The van der Waals surface area contributed by atoms with Crippen LogP contribution in [0.25, 0.3) is 0 Å². The van der Waals surface area contributed by atoms with Gasteiger partial charge in [0.2, 0.25) is 0 Å². The Morgan fingerprint density at radius 3 is 2.33 bits per heavy atom. The van der Waals surface area contributed by atoms with E-state index in [1.807, 2.05) is 0 Å². The third-order valence-electron chi connectivity index (χ3n) is 1.71. The quantitative estimate of drug-likeness (QED) is 0.337. The largest absolute Gasteiger partial charge is 1.00 e. The van der Waals surface area contributed by atoms with Crippen molar-refractivity contribution in [2.45, 2.75) is 6.92 Å². The molecule has 0 saturated heterocycles. The average Bonchev–Trinajstić information content (AvgIpc) is 2.17. The predicted molar refractivity (Wildman–Crippen MR) is 57.1 cm³/mol. The van der Waals surface area contributed by atoms with Crippen molar-refractivity contribution in [1.29, 1.82) is 0 Å². The maximum atomic E-state index is 11.0. The van der Waals surface area contributed by atoms with Crippen molar-refractivity contribution in [3.05, 3.63) is 29.8 Å². The van der Waals surface area contributed by atoms with Crippen LogP contribution in [0.2, 0.25) is 0 Å². The molecular formula is C9H11Na2O6P. The second kappa shape index (κ2) is 8.51. The van der Waals surface area contributed by atoms with Crippen LogP contribution in [-0.4, -0.2) is 21.5 Å². The van der Waals surface area contributed by atoms with Gasteiger partial charge in [0.1, 0.15) is 5.75 Å². The molecule has 0 aliphatic carbocycles. The zero-order valence-electron chi connectivity index (χ0n) is 12.3. The molecule has 0 fully saturated rings. The smallest absolute Gasteiger partial charge is 1.00 e. The number of rotatable bonds is 4. The maximum absolute atomic E-state index is 11.0. The Kier molecular flexibility index (Phi) is 9.77. The van der Waals surface area contributed by atoms with Crippen molar-refractivity contribution in [1.82, 2.24) is 0 Å². The molecule has 90 valence electrons. The Bertz CT molecular complexity index is 499. The molecule has 1 atom stereocenters. The number of Topliss-reactive ketones (excluding diaryl/α,β-unsaturated/α-hetero) is 1. The van der Waals surface area contributed by atoms with Crippen LogP contribution in [0.3, 0.4) is 0 Å². The minimum Gasteiger partial charge on any atom is -1.00 e. The van der Waals surface area contributed by atoms with Crippen LogP contribution in [0.5, 0.6) is 5.75 Å². The summed E-state index contributed by atoms with van der Waals surface area (Å²) in [4.78, 5) is 30.3. The van der Waals surface area contributed by atoms with Crippen LogP contribution < -0.4 is 63.6 Å². The van der Waals surface area contributed by atoms with E-state index in [-0.39, 0.29) is 79.1 Å². The first kappa shape index (κ1) is 20.7. The molecule has 1 unspecified atom stereocenters. The van der Waals surface area contributed by atoms with Crippen LogP contribution >= 0.6 is 7.60 Å². The molecule has 6 nitrogen and oxygen atoms in total. The Morgan fingerprint density at radius 2 is 1.89 bits per heavy atom. The molecule has 0 spiro atoms. The number of carbonyl (C=O) groups is 2. The van der Waals surface area contributed by atoms with Gasteiger partial charge in [-0.1, -0.05) is 12.1 Å². The van der Waals surface area contributed by atoms with Crippen molar-refractivity contribution < 1.29 is 90.6 Å². The van der Waals surface area contributed by atoms with Crippen LogP contribution in [0.4, 0.5) is 4.79 Å². The summed E-state index contributed by atoms with van der Waals surface area (Å²) >= 11 is 0. The van der Waals surface area contributed by atoms with Crippen molar-refractivity contribution in [2.24, 2.45) is 0 Å². The van der Waals surface area contributed by atoms with Gasteiger partial charge in [0, 0.05) is 5.56 Å². The molecule has 9 heteroatoms. The molecule has 1 aromatic rings. The SMILES string of the molecule is CC(=O)c1cccc(OP(=O)(O)C(=O)O)c1.[H-].[H-].[Na+].[Na+]. The fourth-order valence-electron chi connectivity index (χ4n) is 0.954. The number of hydrogen-bond acceptors (Lipinski definition) is 4. The first-order chi connectivity index (χ1) is 7.33. The second-order valence-corrected chi connectivity index (χ2v) is 4.58. The predicted octanol–water partition coefficient (Wildman–Crippen LogP) is -3.64. The topological polar surface area (TPSA) is 101 Å². The van der Waals surface area contributed by atoms with E-state index in [0.717, 1.165) is 0 Å². The summed E-state index contributed by atoms with van der Waals surface area (Å²) < 4.78 is 15.4. The maximum Gasteiger partial charge on any atom is 1.00 e. The third-order valence-corrected chi connectivity index (χ3v) is 2.65. The summed E-state index contributed by atoms with van der Waals surface area (Å²) in [5, 5.41) is 8.38. The summed E-state index contributed by atoms with van der Waals surface area (Å²) in [6, 6.07) is 5.40. The standard InChI is InChI=1S/C9H9O6P.2Na.2H/c1-6(10)7-3-2-4-8(5-7)15-16(13,14)9(11)12;;;;/h2-5H,1H3,(H,11,12)(H,13,14);;;;/q;2*+1;2*-1. The molecule has 0 bridgehead atoms. The second-order valence-electron chi connectivity index (χ2n) is 2.98. The fourth-order valence-corrected chi connectivity index (χ4v) is 1.43. The van der Waals surface area contributed by atoms with Gasteiger partial charge in [0.25, 0.3) is 0 Å². The molecule has 2 N–H and O–H groups in total. The molecule has 1 rings (SSSR count). The van der Waals surface area contributed by atoms with E-state index in [0.29, 0.717) is 0 Å². The molecule has 0 aliphatic rings. The summed E-state index contributed by atoms with van der Waals surface area (Å²) in [5.41, 5.74) is -1.68. The van der Waals surface area contributed by atoms with E-state index in [1.165, 1.54) is 31.2 Å².